The topological polar surface area (TPSA) is 103 Å². The Morgan fingerprint density at radius 2 is 0.595 bits per heavy atom. The molecule has 0 saturated carbocycles. The molecular formula is C113H102N8. The van der Waals surface area contributed by atoms with E-state index in [-0.39, 0.29) is 0 Å². The Morgan fingerprint density at radius 3 is 1.07 bits per heavy atom. The van der Waals surface area contributed by atoms with Crippen molar-refractivity contribution < 1.29 is 0 Å². The molecule has 8 nitrogen and oxygen atoms in total. The van der Waals surface area contributed by atoms with Crippen molar-refractivity contribution in [3.63, 3.8) is 0 Å². The average Bonchev–Trinajstić information content (AvgIpc) is 0.790. The monoisotopic (exact) mass is 1570 g/mol. The highest BCUT2D eigenvalue weighted by Crippen LogP contribution is 2.32. The summed E-state index contributed by atoms with van der Waals surface area (Å²) in [5.74, 6) is 0. The molecule has 0 aliphatic rings. The first-order valence-corrected chi connectivity index (χ1v) is 40.6. The highest BCUT2D eigenvalue weighted by Gasteiger charge is 2.07. The molecule has 0 amide bonds. The highest BCUT2D eigenvalue weighted by molar-refractivity contribution is 5.98. The van der Waals surface area contributed by atoms with E-state index in [9.17, 15) is 0 Å². The third-order valence-electron chi connectivity index (χ3n) is 19.6. The van der Waals surface area contributed by atoms with Crippen LogP contribution in [0, 0.1) is 62.3 Å². The number of nitrogens with zero attached hydrogens (tertiary/aromatic N) is 8. The van der Waals surface area contributed by atoms with E-state index in [0.29, 0.717) is 0 Å². The van der Waals surface area contributed by atoms with Gasteiger partial charge in [0.25, 0.3) is 0 Å². The average molecular weight is 1570 g/mol. The number of benzene rings is 11. The molecule has 0 atom stereocenters. The van der Waals surface area contributed by atoms with Crippen LogP contribution in [0.5, 0.6) is 0 Å². The molecule has 0 N–H and O–H groups in total. The van der Waals surface area contributed by atoms with E-state index in [1.165, 1.54) is 133 Å². The van der Waals surface area contributed by atoms with Crippen LogP contribution in [-0.2, 0) is 0 Å². The van der Waals surface area contributed by atoms with Crippen LogP contribution in [0.15, 0.2) is 456 Å². The van der Waals surface area contributed by atoms with Crippen LogP contribution in [0.1, 0.15) is 50.2 Å². The lowest BCUT2D eigenvalue weighted by Gasteiger charge is -2.09. The maximum absolute atomic E-state index is 4.44. The van der Waals surface area contributed by atoms with Gasteiger partial charge in [-0.3, -0.25) is 39.9 Å². The van der Waals surface area contributed by atoms with Crippen molar-refractivity contribution in [3.05, 3.63) is 507 Å². The minimum Gasteiger partial charge on any atom is -0.265 e. The molecule has 19 aromatic rings. The van der Waals surface area contributed by atoms with Gasteiger partial charge in [-0.05, 0) is 223 Å². The summed E-state index contributed by atoms with van der Waals surface area (Å²) in [7, 11) is 0. The summed E-state index contributed by atoms with van der Waals surface area (Å²) in [6.45, 7) is 18.8. The number of hydrogen-bond acceptors (Lipinski definition) is 8. The van der Waals surface area contributed by atoms with Gasteiger partial charge in [0, 0.05) is 102 Å². The van der Waals surface area contributed by atoms with Gasteiger partial charge in [-0.15, -0.1) is 0 Å². The highest BCUT2D eigenvalue weighted by atomic mass is 14.7. The van der Waals surface area contributed by atoms with Gasteiger partial charge in [-0.2, -0.15) is 0 Å². The third-order valence-corrected chi connectivity index (χ3v) is 19.6. The maximum Gasteiger partial charge on any atom is 0.0731 e. The summed E-state index contributed by atoms with van der Waals surface area (Å²) in [6, 6.07) is 133. The van der Waals surface area contributed by atoms with Crippen molar-refractivity contribution in [1.29, 1.82) is 0 Å². The number of fused-ring (bicyclic) bond motifs is 1. The minimum absolute atomic E-state index is 1.03. The first-order valence-electron chi connectivity index (χ1n) is 40.6. The molecule has 0 aliphatic heterocycles. The van der Waals surface area contributed by atoms with Crippen LogP contribution in [0.25, 0.3) is 111 Å². The minimum atomic E-state index is 1.03. The molecule has 8 heteroatoms. The molecule has 0 bridgehead atoms. The summed E-state index contributed by atoms with van der Waals surface area (Å²) < 4.78 is 0. The lowest BCUT2D eigenvalue weighted by molar-refractivity contribution is 1.21. The first-order chi connectivity index (χ1) is 59.3. The molecule has 0 aliphatic carbocycles. The second-order valence-electron chi connectivity index (χ2n) is 28.9. The molecule has 0 saturated heterocycles. The van der Waals surface area contributed by atoms with Gasteiger partial charge in [0.1, 0.15) is 0 Å². The van der Waals surface area contributed by atoms with Crippen molar-refractivity contribution in [2.45, 2.75) is 62.3 Å². The zero-order valence-corrected chi connectivity index (χ0v) is 70.4. The third kappa shape index (κ3) is 27.8. The van der Waals surface area contributed by atoms with Crippen molar-refractivity contribution in [2.24, 2.45) is 0 Å². The van der Waals surface area contributed by atoms with Gasteiger partial charge >= 0.3 is 0 Å². The van der Waals surface area contributed by atoms with Gasteiger partial charge in [-0.25, -0.2) is 0 Å². The van der Waals surface area contributed by atoms with Gasteiger partial charge < -0.3 is 0 Å². The van der Waals surface area contributed by atoms with Crippen LogP contribution < -0.4 is 0 Å². The Hall–Kier alpha value is -15.1. The molecule has 0 fully saturated rings. The molecule has 594 valence electrons. The summed E-state index contributed by atoms with van der Waals surface area (Å²) in [6.07, 6.45) is 20.2. The Balaban J connectivity index is 0.000000133. The SMILES string of the molecule is Cc1ccc(-c2ccccc2)c2ccccc12.Cc1ccc(-c2ccccc2)nc1.Cc1ccc(-c2cccnc2)cc1.Cc1ccc(-c2cccnc2)cc1.Cc1cccc(-c2ccccc2)n1.Cc1ccccc1-c1cccnc1.Cc1ccccc1-c1ccncc1.Cc1cccnc1-c1ccccc1.Cc1ccnc(-c2ccccc2)c1. The fourth-order valence-corrected chi connectivity index (χ4v) is 13.0. The maximum atomic E-state index is 4.44. The fourth-order valence-electron chi connectivity index (χ4n) is 13.0. The smallest absolute Gasteiger partial charge is 0.0731 e. The van der Waals surface area contributed by atoms with E-state index in [1.807, 2.05) is 203 Å². The van der Waals surface area contributed by atoms with E-state index in [0.717, 1.165) is 28.5 Å². The number of hydrogen-bond donors (Lipinski definition) is 0. The van der Waals surface area contributed by atoms with E-state index >= 15 is 0 Å². The normalized spacial score (nSPS) is 10.0. The Labute approximate surface area is 715 Å². The van der Waals surface area contributed by atoms with Crippen LogP contribution >= 0.6 is 0 Å². The second-order valence-corrected chi connectivity index (χ2v) is 28.9. The predicted octanol–water partition coefficient (Wildman–Crippen LogP) is 29.3. The molecule has 0 unspecified atom stereocenters. The molecule has 8 aromatic heterocycles. The summed E-state index contributed by atoms with van der Waals surface area (Å²) >= 11 is 0. The van der Waals surface area contributed by atoms with Gasteiger partial charge in [0.05, 0.1) is 22.8 Å². The number of aromatic nitrogens is 8. The molecule has 8 heterocycles. The van der Waals surface area contributed by atoms with Crippen LogP contribution in [0.3, 0.4) is 0 Å². The molecular weight excluding hydrogens is 1470 g/mol. The van der Waals surface area contributed by atoms with E-state index in [2.05, 4.69) is 337 Å². The molecule has 11 aromatic carbocycles. The summed E-state index contributed by atoms with van der Waals surface area (Å²) in [5, 5.41) is 2.67. The largest absolute Gasteiger partial charge is 0.265 e. The van der Waals surface area contributed by atoms with Crippen LogP contribution in [-0.4, -0.2) is 39.9 Å². The molecule has 0 radical (unpaired) electrons. The van der Waals surface area contributed by atoms with Gasteiger partial charge in [0.2, 0.25) is 0 Å². The molecule has 121 heavy (non-hydrogen) atoms. The molecule has 0 spiro atoms. The van der Waals surface area contributed by atoms with Crippen LogP contribution in [0.4, 0.5) is 0 Å². The van der Waals surface area contributed by atoms with Crippen molar-refractivity contribution >= 4 is 10.8 Å². The zero-order valence-electron chi connectivity index (χ0n) is 70.4. The Kier molecular flexibility index (Phi) is 33.8. The Morgan fingerprint density at radius 1 is 0.174 bits per heavy atom. The van der Waals surface area contributed by atoms with Crippen molar-refractivity contribution in [1.82, 2.24) is 39.9 Å². The van der Waals surface area contributed by atoms with E-state index < -0.39 is 0 Å². The lowest BCUT2D eigenvalue weighted by Crippen LogP contribution is -1.85. The number of rotatable bonds is 9. The lowest BCUT2D eigenvalue weighted by atomic mass is 9.96. The van der Waals surface area contributed by atoms with E-state index in [1.54, 1.807) is 18.6 Å². The van der Waals surface area contributed by atoms with Crippen molar-refractivity contribution in [3.8, 4) is 101 Å². The second kappa shape index (κ2) is 47.2. The standard InChI is InChI=1S/C17H14.8C12H11N/c1-13-11-12-16(14-7-3-2-4-8-14)17-10-6-5-9-15(13)17;2*1-10-4-6-11(7-5-10)12-3-2-8-13-9-12;1-10-5-2-3-7-12(10)11-6-4-8-13-9-11;1-10-6-5-9-13-12(10)11-7-3-2-4-8-11;1-10-6-5-9-12(13-10)11-7-3-2-4-8-11;1-10-4-2-3-5-12(10)11-6-8-13-9-7-11;1-10-7-8-13-12(9-10)11-5-3-2-4-6-11;1-10-7-8-12(13-9-10)11-5-3-2-4-6-11/h2-12H,1H3;8*2-9H,1H3. The molecule has 19 rings (SSSR count). The quantitative estimate of drug-likeness (QED) is 0.141. The first kappa shape index (κ1) is 86.7. The summed E-state index contributed by atoms with van der Waals surface area (Å²) in [4.78, 5) is 33.7. The zero-order chi connectivity index (χ0) is 84.4. The van der Waals surface area contributed by atoms with Crippen LogP contribution in [0.2, 0.25) is 0 Å². The fraction of sp³-hybridized carbons (Fsp3) is 0.0796. The van der Waals surface area contributed by atoms with Crippen molar-refractivity contribution in [2.75, 3.05) is 0 Å². The summed E-state index contributed by atoms with van der Waals surface area (Å²) in [5.41, 5.74) is 32.4. The predicted molar refractivity (Wildman–Crippen MR) is 509 cm³/mol. The number of pyridine rings is 8. The Bertz CT molecular complexity index is 5700. The van der Waals surface area contributed by atoms with E-state index in [4.69, 9.17) is 0 Å². The number of aryl methyl sites for hydroxylation is 9. The van der Waals surface area contributed by atoms with Gasteiger partial charge in [0.15, 0.2) is 0 Å². The van der Waals surface area contributed by atoms with Gasteiger partial charge in [-0.1, -0.05) is 333 Å².